The lowest BCUT2D eigenvalue weighted by atomic mass is 10.2. The second-order valence-electron chi connectivity index (χ2n) is 2.71. The van der Waals surface area contributed by atoms with Crippen LogP contribution in [0.4, 0.5) is 22.0 Å². The number of hydrogen-bond donors (Lipinski definition) is 0. The number of hydrogen-bond acceptors (Lipinski definition) is 2. The first-order valence-electron chi connectivity index (χ1n) is 3.87. The number of aromatic nitrogens is 1. The van der Waals surface area contributed by atoms with Crippen LogP contribution < -0.4 is 4.74 Å². The number of halogens is 6. The minimum Gasteiger partial charge on any atom is -0.495 e. The maximum absolute atomic E-state index is 12.3. The van der Waals surface area contributed by atoms with E-state index in [1.54, 1.807) is 0 Å². The van der Waals surface area contributed by atoms with E-state index in [9.17, 15) is 22.0 Å². The molecule has 0 fully saturated rings. The SMILES string of the molecule is COc1cc(C(F)(F)F)nc(C(F)F)c1Cl. The Bertz CT molecular complexity index is 393. The van der Waals surface area contributed by atoms with Crippen molar-refractivity contribution in [3.05, 3.63) is 22.5 Å². The number of pyridine rings is 1. The molecular formula is C8H5ClF5NO. The Morgan fingerprint density at radius 1 is 1.38 bits per heavy atom. The number of methoxy groups -OCH3 is 1. The van der Waals surface area contributed by atoms with Crippen LogP contribution >= 0.6 is 11.6 Å². The second kappa shape index (κ2) is 4.40. The van der Waals surface area contributed by atoms with Gasteiger partial charge in [0.15, 0.2) is 0 Å². The quantitative estimate of drug-likeness (QED) is 0.757. The predicted octanol–water partition coefficient (Wildman–Crippen LogP) is 3.70. The Kier molecular flexibility index (Phi) is 3.57. The summed E-state index contributed by atoms with van der Waals surface area (Å²) in [5, 5.41) is -0.620. The van der Waals surface area contributed by atoms with Crippen LogP contribution in [-0.4, -0.2) is 12.1 Å². The normalized spacial score (nSPS) is 12.0. The molecule has 0 aliphatic rings. The smallest absolute Gasteiger partial charge is 0.433 e. The lowest BCUT2D eigenvalue weighted by Crippen LogP contribution is -2.11. The van der Waals surface area contributed by atoms with Gasteiger partial charge in [-0.2, -0.15) is 13.2 Å². The molecule has 0 saturated heterocycles. The Balaban J connectivity index is 3.40. The van der Waals surface area contributed by atoms with E-state index < -0.39 is 34.8 Å². The fourth-order valence-corrected chi connectivity index (χ4v) is 1.22. The fraction of sp³-hybridized carbons (Fsp3) is 0.375. The number of alkyl halides is 5. The highest BCUT2D eigenvalue weighted by atomic mass is 35.5. The third-order valence-electron chi connectivity index (χ3n) is 1.67. The summed E-state index contributed by atoms with van der Waals surface area (Å²) in [6.07, 6.45) is -8.04. The molecule has 8 heteroatoms. The van der Waals surface area contributed by atoms with Crippen molar-refractivity contribution in [1.29, 1.82) is 0 Å². The van der Waals surface area contributed by atoms with Crippen molar-refractivity contribution < 1.29 is 26.7 Å². The van der Waals surface area contributed by atoms with Crippen LogP contribution in [0.1, 0.15) is 17.8 Å². The van der Waals surface area contributed by atoms with E-state index in [1.165, 1.54) is 0 Å². The third-order valence-corrected chi connectivity index (χ3v) is 2.05. The maximum Gasteiger partial charge on any atom is 0.433 e. The zero-order valence-electron chi connectivity index (χ0n) is 7.78. The Hall–Kier alpha value is -1.11. The van der Waals surface area contributed by atoms with Gasteiger partial charge in [0.05, 0.1) is 7.11 Å². The highest BCUT2D eigenvalue weighted by Gasteiger charge is 2.35. The Labute approximate surface area is 92.0 Å². The first-order chi connectivity index (χ1) is 7.27. The molecule has 0 saturated carbocycles. The molecule has 2 nitrogen and oxygen atoms in total. The largest absolute Gasteiger partial charge is 0.495 e. The van der Waals surface area contributed by atoms with Gasteiger partial charge in [0.1, 0.15) is 22.2 Å². The standard InChI is InChI=1S/C8H5ClF5NO/c1-16-3-2-4(8(12,13)14)15-6(5(3)9)7(10)11/h2,7H,1H3. The van der Waals surface area contributed by atoms with Crippen molar-refractivity contribution in [3.8, 4) is 5.75 Å². The van der Waals surface area contributed by atoms with Crippen molar-refractivity contribution in [2.24, 2.45) is 0 Å². The summed E-state index contributed by atoms with van der Waals surface area (Å²) in [5.74, 6) is -0.487. The summed E-state index contributed by atoms with van der Waals surface area (Å²) < 4.78 is 66.0. The molecule has 0 unspecified atom stereocenters. The topological polar surface area (TPSA) is 22.1 Å². The molecule has 0 aliphatic heterocycles. The van der Waals surface area contributed by atoms with Gasteiger partial charge in [-0.15, -0.1) is 0 Å². The highest BCUT2D eigenvalue weighted by Crippen LogP contribution is 2.38. The molecule has 90 valence electrons. The zero-order valence-corrected chi connectivity index (χ0v) is 8.53. The van der Waals surface area contributed by atoms with Gasteiger partial charge in [0.2, 0.25) is 0 Å². The zero-order chi connectivity index (χ0) is 12.5. The van der Waals surface area contributed by atoms with Gasteiger partial charge in [0.25, 0.3) is 6.43 Å². The van der Waals surface area contributed by atoms with Crippen LogP contribution in [0, 0.1) is 0 Å². The summed E-state index contributed by atoms with van der Waals surface area (Å²) in [5.41, 5.74) is -2.61. The van der Waals surface area contributed by atoms with E-state index in [2.05, 4.69) is 9.72 Å². The Morgan fingerprint density at radius 3 is 2.31 bits per heavy atom. The molecule has 16 heavy (non-hydrogen) atoms. The van der Waals surface area contributed by atoms with Crippen LogP contribution in [0.2, 0.25) is 5.02 Å². The summed E-state index contributed by atoms with van der Waals surface area (Å²) >= 11 is 5.39. The molecule has 0 N–H and O–H groups in total. The predicted molar refractivity (Wildman–Crippen MR) is 45.8 cm³/mol. The Morgan fingerprint density at radius 2 is 1.94 bits per heavy atom. The minimum absolute atomic E-state index is 0.466. The fourth-order valence-electron chi connectivity index (χ4n) is 0.963. The van der Waals surface area contributed by atoms with Gasteiger partial charge in [-0.3, -0.25) is 0 Å². The highest BCUT2D eigenvalue weighted by molar-refractivity contribution is 6.32. The van der Waals surface area contributed by atoms with Crippen LogP contribution in [0.15, 0.2) is 6.07 Å². The van der Waals surface area contributed by atoms with E-state index in [0.717, 1.165) is 7.11 Å². The van der Waals surface area contributed by atoms with Gasteiger partial charge in [0, 0.05) is 6.07 Å². The summed E-state index contributed by atoms with van der Waals surface area (Å²) in [6, 6.07) is 0.466. The van der Waals surface area contributed by atoms with Crippen molar-refractivity contribution in [2.45, 2.75) is 12.6 Å². The lowest BCUT2D eigenvalue weighted by Gasteiger charge is -2.12. The average molecular weight is 262 g/mol. The van der Waals surface area contributed by atoms with Gasteiger partial charge in [-0.05, 0) is 0 Å². The molecule has 0 atom stereocenters. The van der Waals surface area contributed by atoms with E-state index in [1.807, 2.05) is 0 Å². The molecule has 0 radical (unpaired) electrons. The summed E-state index contributed by atoms with van der Waals surface area (Å²) in [6.45, 7) is 0. The van der Waals surface area contributed by atoms with E-state index >= 15 is 0 Å². The molecule has 0 aromatic carbocycles. The van der Waals surface area contributed by atoms with Crippen molar-refractivity contribution >= 4 is 11.6 Å². The monoisotopic (exact) mass is 261 g/mol. The maximum atomic E-state index is 12.3. The molecule has 1 heterocycles. The number of nitrogens with zero attached hydrogens (tertiary/aromatic N) is 1. The van der Waals surface area contributed by atoms with Crippen LogP contribution in [0.3, 0.4) is 0 Å². The van der Waals surface area contributed by atoms with Crippen molar-refractivity contribution in [2.75, 3.05) is 7.11 Å². The number of ether oxygens (including phenoxy) is 1. The minimum atomic E-state index is -4.83. The molecule has 0 bridgehead atoms. The molecule has 0 aliphatic carbocycles. The van der Waals surface area contributed by atoms with Gasteiger partial charge in [-0.25, -0.2) is 13.8 Å². The average Bonchev–Trinajstić information content (AvgIpc) is 2.15. The lowest BCUT2D eigenvalue weighted by molar-refractivity contribution is -0.141. The first-order valence-corrected chi connectivity index (χ1v) is 4.25. The summed E-state index contributed by atoms with van der Waals surface area (Å²) in [4.78, 5) is 2.76. The molecule has 0 amide bonds. The van der Waals surface area contributed by atoms with Crippen LogP contribution in [0.5, 0.6) is 5.75 Å². The van der Waals surface area contributed by atoms with Gasteiger partial charge in [-0.1, -0.05) is 11.6 Å². The van der Waals surface area contributed by atoms with E-state index in [4.69, 9.17) is 11.6 Å². The van der Waals surface area contributed by atoms with Gasteiger partial charge < -0.3 is 4.74 Å². The van der Waals surface area contributed by atoms with E-state index in [0.29, 0.717) is 6.07 Å². The van der Waals surface area contributed by atoms with Crippen LogP contribution in [0.25, 0.3) is 0 Å². The second-order valence-corrected chi connectivity index (χ2v) is 3.09. The molecular weight excluding hydrogens is 257 g/mol. The van der Waals surface area contributed by atoms with Crippen molar-refractivity contribution in [1.82, 2.24) is 4.98 Å². The van der Waals surface area contributed by atoms with Crippen LogP contribution in [-0.2, 0) is 6.18 Å². The van der Waals surface area contributed by atoms with Crippen molar-refractivity contribution in [3.63, 3.8) is 0 Å². The molecule has 0 spiro atoms. The molecule has 1 aromatic heterocycles. The van der Waals surface area contributed by atoms with Gasteiger partial charge >= 0.3 is 6.18 Å². The van der Waals surface area contributed by atoms with E-state index in [-0.39, 0.29) is 0 Å². The first kappa shape index (κ1) is 13.0. The third kappa shape index (κ3) is 2.52. The molecule has 1 aromatic rings. The molecule has 1 rings (SSSR count). The summed E-state index contributed by atoms with van der Waals surface area (Å²) in [7, 11) is 1.02. The number of rotatable bonds is 2.